The van der Waals surface area contributed by atoms with Crippen molar-refractivity contribution >= 4 is 38.3 Å². The van der Waals surface area contributed by atoms with E-state index in [1.165, 1.54) is 16.9 Å². The molecule has 0 radical (unpaired) electrons. The molecule has 0 aliphatic rings. The molecule has 2 aromatic heterocycles. The van der Waals surface area contributed by atoms with Crippen molar-refractivity contribution < 1.29 is 9.32 Å². The van der Waals surface area contributed by atoms with Gasteiger partial charge in [0.2, 0.25) is 11.8 Å². The van der Waals surface area contributed by atoms with E-state index in [0.717, 1.165) is 15.9 Å². The largest absolute Gasteiger partial charge is 0.339 e. The summed E-state index contributed by atoms with van der Waals surface area (Å²) in [6.45, 7) is 8.33. The zero-order valence-corrected chi connectivity index (χ0v) is 19.0. The van der Waals surface area contributed by atoms with E-state index < -0.39 is 0 Å². The second-order valence-electron chi connectivity index (χ2n) is 8.14. The number of anilines is 2. The normalized spacial score (nSPS) is 11.5. The monoisotopic (exact) mass is 434 g/mol. The lowest BCUT2D eigenvalue weighted by Crippen LogP contribution is -2.26. The molecule has 0 aliphatic carbocycles. The highest BCUT2D eigenvalue weighted by molar-refractivity contribution is 7.22. The van der Waals surface area contributed by atoms with Crippen LogP contribution in [0.2, 0.25) is 0 Å². The highest BCUT2D eigenvalue weighted by atomic mass is 32.1. The molecule has 0 spiro atoms. The molecule has 31 heavy (non-hydrogen) atoms. The van der Waals surface area contributed by atoms with Crippen LogP contribution in [-0.4, -0.2) is 21.0 Å². The van der Waals surface area contributed by atoms with Crippen LogP contribution in [0.25, 0.3) is 10.2 Å². The van der Waals surface area contributed by atoms with Gasteiger partial charge in [0.15, 0.2) is 11.0 Å². The van der Waals surface area contributed by atoms with Crippen molar-refractivity contribution in [1.82, 2.24) is 15.1 Å². The maximum absolute atomic E-state index is 13.4. The molecule has 0 atom stereocenters. The second-order valence-corrected chi connectivity index (χ2v) is 9.15. The number of para-hydroxylation sites is 1. The molecular weight excluding hydrogens is 408 g/mol. The number of nitrogens with zero attached hydrogens (tertiary/aromatic N) is 4. The summed E-state index contributed by atoms with van der Waals surface area (Å²) in [5, 5.41) is 4.65. The Kier molecular flexibility index (Phi) is 6.13. The van der Waals surface area contributed by atoms with Crippen LogP contribution in [0.1, 0.15) is 63.2 Å². The maximum atomic E-state index is 13.4. The van der Waals surface area contributed by atoms with Gasteiger partial charge in [0.1, 0.15) is 0 Å². The molecule has 0 saturated carbocycles. The van der Waals surface area contributed by atoms with Gasteiger partial charge in [0.25, 0.3) is 0 Å². The number of hydrogen-bond acceptors (Lipinski definition) is 6. The molecular formula is C24H26N4O2S. The third-order valence-electron chi connectivity index (χ3n) is 5.09. The number of carbonyl (C=O) groups excluding carboxylic acids is 1. The Labute approximate surface area is 185 Å². The maximum Gasteiger partial charge on any atom is 0.233 e. The molecule has 4 rings (SSSR count). The van der Waals surface area contributed by atoms with Gasteiger partial charge < -0.3 is 4.52 Å². The van der Waals surface area contributed by atoms with Crippen molar-refractivity contribution in [3.63, 3.8) is 0 Å². The fourth-order valence-electron chi connectivity index (χ4n) is 3.25. The summed E-state index contributed by atoms with van der Waals surface area (Å²) in [4.78, 5) is 24.2. The quantitative estimate of drug-likeness (QED) is 0.345. The molecule has 0 aliphatic heterocycles. The van der Waals surface area contributed by atoms with E-state index in [0.29, 0.717) is 29.2 Å². The van der Waals surface area contributed by atoms with Gasteiger partial charge in [-0.2, -0.15) is 4.98 Å². The highest BCUT2D eigenvalue weighted by Gasteiger charge is 2.23. The van der Waals surface area contributed by atoms with E-state index in [4.69, 9.17) is 9.51 Å². The molecule has 2 heterocycles. The van der Waals surface area contributed by atoms with E-state index in [9.17, 15) is 4.79 Å². The van der Waals surface area contributed by atoms with Gasteiger partial charge in [-0.1, -0.05) is 68.5 Å². The van der Waals surface area contributed by atoms with Gasteiger partial charge in [-0.15, -0.1) is 0 Å². The number of aryl methyl sites for hydroxylation is 1. The van der Waals surface area contributed by atoms with E-state index in [1.807, 2.05) is 50.2 Å². The molecule has 0 bridgehead atoms. The third-order valence-corrected chi connectivity index (χ3v) is 6.12. The fraction of sp³-hybridized carbons (Fsp3) is 0.333. The summed E-state index contributed by atoms with van der Waals surface area (Å²) in [6, 6.07) is 16.0. The van der Waals surface area contributed by atoms with Crippen molar-refractivity contribution in [3.8, 4) is 0 Å². The van der Waals surface area contributed by atoms with Crippen molar-refractivity contribution in [2.45, 2.75) is 52.4 Å². The topological polar surface area (TPSA) is 72.1 Å². The lowest BCUT2D eigenvalue weighted by molar-refractivity contribution is -0.117. The minimum atomic E-state index is -0.0550. The van der Waals surface area contributed by atoms with Gasteiger partial charge in [0.05, 0.1) is 15.9 Å². The van der Waals surface area contributed by atoms with Crippen LogP contribution in [0.3, 0.4) is 0 Å². The molecule has 0 unspecified atom stereocenters. The molecule has 0 fully saturated rings. The van der Waals surface area contributed by atoms with Crippen molar-refractivity contribution in [3.05, 3.63) is 65.8 Å². The lowest BCUT2D eigenvalue weighted by Gasteiger charge is -2.20. The smallest absolute Gasteiger partial charge is 0.233 e. The molecule has 7 heteroatoms. The summed E-state index contributed by atoms with van der Waals surface area (Å²) in [5.74, 6) is 1.70. The van der Waals surface area contributed by atoms with Gasteiger partial charge in [-0.05, 0) is 35.7 Å². The molecule has 6 nitrogen and oxygen atoms in total. The Morgan fingerprint density at radius 1 is 1.00 bits per heavy atom. The number of hydrogen-bond donors (Lipinski definition) is 0. The first-order chi connectivity index (χ1) is 14.9. The predicted octanol–water partition coefficient (Wildman–Crippen LogP) is 6.22. The van der Waals surface area contributed by atoms with Crippen LogP contribution in [0, 0.1) is 0 Å². The van der Waals surface area contributed by atoms with Gasteiger partial charge in [-0.3, -0.25) is 9.69 Å². The van der Waals surface area contributed by atoms with E-state index in [1.54, 1.807) is 4.90 Å². The number of carbonyl (C=O) groups is 1. The van der Waals surface area contributed by atoms with Gasteiger partial charge >= 0.3 is 0 Å². The third kappa shape index (κ3) is 4.66. The Balaban J connectivity index is 1.62. The Hall–Kier alpha value is -3.06. The number of fused-ring (bicyclic) bond motifs is 1. The number of aromatic nitrogens is 3. The summed E-state index contributed by atoms with van der Waals surface area (Å²) in [5.41, 5.74) is 2.92. The van der Waals surface area contributed by atoms with Crippen LogP contribution in [0.4, 0.5) is 10.8 Å². The van der Waals surface area contributed by atoms with Crippen LogP contribution < -0.4 is 4.90 Å². The molecule has 1 amide bonds. The van der Waals surface area contributed by atoms with Gasteiger partial charge in [-0.25, -0.2) is 4.98 Å². The number of thiazole rings is 1. The van der Waals surface area contributed by atoms with Crippen LogP contribution >= 0.6 is 11.3 Å². The predicted molar refractivity (Wildman–Crippen MR) is 124 cm³/mol. The first kappa shape index (κ1) is 21.2. The van der Waals surface area contributed by atoms with Gasteiger partial charge in [0, 0.05) is 18.8 Å². The molecule has 160 valence electrons. The Morgan fingerprint density at radius 2 is 1.74 bits per heavy atom. The number of rotatable bonds is 7. The summed E-state index contributed by atoms with van der Waals surface area (Å²) in [7, 11) is 0. The summed E-state index contributed by atoms with van der Waals surface area (Å²) < 4.78 is 6.36. The Morgan fingerprint density at radius 3 is 2.39 bits per heavy atom. The average Bonchev–Trinajstić information content (AvgIpc) is 3.40. The molecule has 2 aromatic carbocycles. The highest BCUT2D eigenvalue weighted by Crippen LogP contribution is 2.34. The zero-order valence-electron chi connectivity index (χ0n) is 18.2. The van der Waals surface area contributed by atoms with E-state index in [2.05, 4.69) is 36.1 Å². The average molecular weight is 435 g/mol. The zero-order chi connectivity index (χ0) is 22.0. The Bertz CT molecular complexity index is 1140. The van der Waals surface area contributed by atoms with E-state index in [-0.39, 0.29) is 18.2 Å². The molecule has 4 aromatic rings. The van der Waals surface area contributed by atoms with Crippen LogP contribution in [-0.2, 0) is 11.2 Å². The summed E-state index contributed by atoms with van der Waals surface area (Å²) in [6.07, 6.45) is 0.644. The first-order valence-electron chi connectivity index (χ1n) is 10.5. The minimum absolute atomic E-state index is 0.0550. The SMILES string of the molecule is CC(C)c1ccc(N(C(=O)CCc2nc(C(C)C)no2)c2nc3ccccc3s2)cc1. The lowest BCUT2D eigenvalue weighted by atomic mass is 10.0. The molecule has 0 saturated heterocycles. The van der Waals surface area contributed by atoms with Crippen molar-refractivity contribution in [2.75, 3.05) is 4.90 Å². The second kappa shape index (κ2) is 8.98. The number of benzene rings is 2. The first-order valence-corrected chi connectivity index (χ1v) is 11.3. The van der Waals surface area contributed by atoms with Crippen molar-refractivity contribution in [1.29, 1.82) is 0 Å². The van der Waals surface area contributed by atoms with Crippen molar-refractivity contribution in [2.24, 2.45) is 0 Å². The van der Waals surface area contributed by atoms with Crippen LogP contribution in [0.15, 0.2) is 53.1 Å². The summed E-state index contributed by atoms with van der Waals surface area (Å²) >= 11 is 1.51. The minimum Gasteiger partial charge on any atom is -0.339 e. The van der Waals surface area contributed by atoms with Crippen LogP contribution in [0.5, 0.6) is 0 Å². The van der Waals surface area contributed by atoms with E-state index >= 15 is 0 Å². The number of amides is 1. The molecule has 0 N–H and O–H groups in total. The standard InChI is InChI=1S/C24H26N4O2S/c1-15(2)17-9-11-18(12-10-17)28(24-25-19-7-5-6-8-20(19)31-24)22(29)14-13-21-26-23(16(3)4)27-30-21/h5-12,15-16H,13-14H2,1-4H3. The fourth-order valence-corrected chi connectivity index (χ4v) is 4.26.